The molecule has 10 nitrogen and oxygen atoms in total. The summed E-state index contributed by atoms with van der Waals surface area (Å²) in [5.74, 6) is -0.0902. The predicted molar refractivity (Wildman–Crippen MR) is 154 cm³/mol. The van der Waals surface area contributed by atoms with Crippen LogP contribution in [-0.4, -0.2) is 102 Å². The SMILES string of the molecule is CC(=O)N1CCOCCOc2cccc(n2)C(=O)N[C@H]2C[C@@H](C(=O)N3CCC(CC3)C1)N(Cc1cccc(C(F)(F)F)c1)C2. The van der Waals surface area contributed by atoms with Crippen molar-refractivity contribution in [3.63, 3.8) is 0 Å². The number of nitrogens with one attached hydrogen (secondary N) is 1. The van der Waals surface area contributed by atoms with Crippen molar-refractivity contribution in [2.24, 2.45) is 5.92 Å². The Morgan fingerprint density at radius 1 is 1.02 bits per heavy atom. The second kappa shape index (κ2) is 13.9. The maximum absolute atomic E-state index is 13.9. The van der Waals surface area contributed by atoms with Crippen LogP contribution in [0.2, 0.25) is 0 Å². The minimum absolute atomic E-state index is 0.0397. The lowest BCUT2D eigenvalue weighted by atomic mass is 9.95. The molecule has 0 unspecified atom stereocenters. The van der Waals surface area contributed by atoms with Gasteiger partial charge in [-0.3, -0.25) is 19.3 Å². The fraction of sp³-hybridized carbons (Fsp3) is 0.548. The highest BCUT2D eigenvalue weighted by Crippen LogP contribution is 2.31. The Balaban J connectivity index is 1.37. The van der Waals surface area contributed by atoms with Crippen molar-refractivity contribution in [2.75, 3.05) is 52.5 Å². The van der Waals surface area contributed by atoms with Crippen LogP contribution < -0.4 is 10.1 Å². The second-order valence-electron chi connectivity index (χ2n) is 11.6. The van der Waals surface area contributed by atoms with E-state index in [4.69, 9.17) is 9.47 Å². The van der Waals surface area contributed by atoms with Crippen molar-refractivity contribution in [3.8, 4) is 5.88 Å². The van der Waals surface area contributed by atoms with Crippen LogP contribution in [0, 0.1) is 5.92 Å². The van der Waals surface area contributed by atoms with Gasteiger partial charge in [0.15, 0.2) is 0 Å². The number of amides is 3. The van der Waals surface area contributed by atoms with E-state index < -0.39 is 29.7 Å². The number of nitrogens with zero attached hydrogens (tertiary/aromatic N) is 4. The van der Waals surface area contributed by atoms with Crippen LogP contribution in [0.1, 0.15) is 47.8 Å². The number of carbonyl (C=O) groups excluding carboxylic acids is 3. The molecule has 4 aliphatic rings. The van der Waals surface area contributed by atoms with Crippen LogP contribution in [0.5, 0.6) is 5.88 Å². The molecule has 3 amide bonds. The molecule has 2 aromatic rings. The Morgan fingerprint density at radius 3 is 2.55 bits per heavy atom. The van der Waals surface area contributed by atoms with Crippen molar-refractivity contribution in [2.45, 2.75) is 51.0 Å². The number of ether oxygens (including phenoxy) is 2. The molecule has 6 bridgehead atoms. The Kier molecular flexibility index (Phi) is 10.0. The smallest absolute Gasteiger partial charge is 0.416 e. The van der Waals surface area contributed by atoms with Gasteiger partial charge in [-0.2, -0.15) is 13.2 Å². The number of halogens is 3. The fourth-order valence-electron chi connectivity index (χ4n) is 6.12. The third kappa shape index (κ3) is 8.06. The molecule has 13 heteroatoms. The van der Waals surface area contributed by atoms with Gasteiger partial charge in [0.05, 0.1) is 24.8 Å². The standard InChI is InChI=1S/C31H38F3N5O5/c1-21(40)38-12-13-43-14-15-44-28-7-3-6-26(36-28)29(41)35-25-17-27(30(42)37-10-8-22(18-38)9-11-37)39(20-25)19-23-4-2-5-24(16-23)31(32,33)34/h2-7,16,22,25,27H,8-15,17-20H2,1H3,(H,35,41)/t25-,27-/m0/s1. The van der Waals surface area contributed by atoms with E-state index in [0.717, 1.165) is 25.0 Å². The van der Waals surface area contributed by atoms with E-state index in [2.05, 4.69) is 10.3 Å². The lowest BCUT2D eigenvalue weighted by molar-refractivity contribution is -0.139. The van der Waals surface area contributed by atoms with Crippen molar-refractivity contribution < 1.29 is 37.0 Å². The highest BCUT2D eigenvalue weighted by atomic mass is 19.4. The molecular weight excluding hydrogens is 579 g/mol. The van der Waals surface area contributed by atoms with Gasteiger partial charge >= 0.3 is 6.18 Å². The third-order valence-electron chi connectivity index (χ3n) is 8.45. The lowest BCUT2D eigenvalue weighted by Crippen LogP contribution is -2.49. The first kappa shape index (κ1) is 31.7. The Bertz CT molecular complexity index is 1330. The monoisotopic (exact) mass is 617 g/mol. The summed E-state index contributed by atoms with van der Waals surface area (Å²) in [6, 6.07) is 8.93. The number of pyridine rings is 1. The summed E-state index contributed by atoms with van der Waals surface area (Å²) in [4.78, 5) is 49.1. The Hall–Kier alpha value is -3.71. The highest BCUT2D eigenvalue weighted by molar-refractivity contribution is 5.92. The van der Waals surface area contributed by atoms with Crippen molar-refractivity contribution in [3.05, 3.63) is 59.3 Å². The van der Waals surface area contributed by atoms with Gasteiger partial charge in [-0.15, -0.1) is 0 Å². The van der Waals surface area contributed by atoms with Gasteiger partial charge in [-0.05, 0) is 42.9 Å². The molecule has 1 aromatic heterocycles. The molecule has 4 aliphatic heterocycles. The number of fused-ring (bicyclic) bond motifs is 10. The summed E-state index contributed by atoms with van der Waals surface area (Å²) >= 11 is 0. The molecule has 1 aromatic carbocycles. The first-order chi connectivity index (χ1) is 21.1. The average molecular weight is 618 g/mol. The molecule has 1 N–H and O–H groups in total. The number of rotatable bonds is 2. The first-order valence-corrected chi connectivity index (χ1v) is 15.0. The molecule has 238 valence electrons. The topological polar surface area (TPSA) is 104 Å². The van der Waals surface area contributed by atoms with E-state index in [1.807, 2.05) is 4.90 Å². The molecule has 5 heterocycles. The van der Waals surface area contributed by atoms with E-state index in [1.54, 1.807) is 34.1 Å². The molecule has 0 radical (unpaired) electrons. The second-order valence-corrected chi connectivity index (χ2v) is 11.6. The summed E-state index contributed by atoms with van der Waals surface area (Å²) < 4.78 is 51.6. The van der Waals surface area contributed by atoms with Gasteiger partial charge in [-0.1, -0.05) is 24.3 Å². The minimum atomic E-state index is -4.48. The van der Waals surface area contributed by atoms with Crippen LogP contribution in [0.15, 0.2) is 42.5 Å². The number of hydrogen-bond acceptors (Lipinski definition) is 7. The molecule has 2 atom stereocenters. The number of likely N-dealkylation sites (tertiary alicyclic amines) is 1. The van der Waals surface area contributed by atoms with Gasteiger partial charge in [-0.25, -0.2) is 4.98 Å². The van der Waals surface area contributed by atoms with Crippen LogP contribution in [-0.2, 0) is 27.0 Å². The van der Waals surface area contributed by atoms with Gasteiger partial charge in [0.1, 0.15) is 12.3 Å². The predicted octanol–water partition coefficient (Wildman–Crippen LogP) is 2.97. The molecular formula is C31H38F3N5O5. The normalized spacial score (nSPS) is 24.4. The maximum atomic E-state index is 13.9. The van der Waals surface area contributed by atoms with Crippen LogP contribution in [0.3, 0.4) is 0 Å². The zero-order valence-electron chi connectivity index (χ0n) is 24.7. The number of piperidine rings is 1. The van der Waals surface area contributed by atoms with Crippen molar-refractivity contribution >= 4 is 17.7 Å². The maximum Gasteiger partial charge on any atom is 0.416 e. The first-order valence-electron chi connectivity index (χ1n) is 15.0. The third-order valence-corrected chi connectivity index (χ3v) is 8.45. The van der Waals surface area contributed by atoms with Crippen LogP contribution in [0.25, 0.3) is 0 Å². The number of benzene rings is 1. The number of carbonyl (C=O) groups is 3. The zero-order chi connectivity index (χ0) is 31.3. The summed E-state index contributed by atoms with van der Waals surface area (Å²) in [5, 5.41) is 2.97. The van der Waals surface area contributed by atoms with Gasteiger partial charge in [0.2, 0.25) is 17.7 Å². The number of alkyl halides is 3. The lowest BCUT2D eigenvalue weighted by Gasteiger charge is -2.37. The van der Waals surface area contributed by atoms with Gasteiger partial charge in [0, 0.05) is 58.3 Å². The fourth-order valence-corrected chi connectivity index (χ4v) is 6.12. The largest absolute Gasteiger partial charge is 0.475 e. The molecule has 0 saturated carbocycles. The molecule has 44 heavy (non-hydrogen) atoms. The summed E-state index contributed by atoms with van der Waals surface area (Å²) in [6.07, 6.45) is -2.71. The van der Waals surface area contributed by atoms with Gasteiger partial charge < -0.3 is 24.6 Å². The Labute approximate surface area is 254 Å². The Morgan fingerprint density at radius 2 is 1.80 bits per heavy atom. The molecule has 2 saturated heterocycles. The van der Waals surface area contributed by atoms with E-state index in [9.17, 15) is 27.6 Å². The summed E-state index contributed by atoms with van der Waals surface area (Å²) in [7, 11) is 0. The van der Waals surface area contributed by atoms with Crippen LogP contribution in [0.4, 0.5) is 13.2 Å². The highest BCUT2D eigenvalue weighted by Gasteiger charge is 2.41. The molecule has 6 rings (SSSR count). The minimum Gasteiger partial charge on any atom is -0.475 e. The quantitative estimate of drug-likeness (QED) is 0.517. The van der Waals surface area contributed by atoms with E-state index >= 15 is 0 Å². The van der Waals surface area contributed by atoms with E-state index in [-0.39, 0.29) is 55.6 Å². The van der Waals surface area contributed by atoms with Crippen molar-refractivity contribution in [1.82, 2.24) is 25.0 Å². The molecule has 0 spiro atoms. The molecule has 0 aliphatic carbocycles. The molecule has 2 fully saturated rings. The van der Waals surface area contributed by atoms with E-state index in [0.29, 0.717) is 44.8 Å². The average Bonchev–Trinajstić information content (AvgIpc) is 3.39. The zero-order valence-corrected chi connectivity index (χ0v) is 24.7. The van der Waals surface area contributed by atoms with Crippen LogP contribution >= 0.6 is 0 Å². The van der Waals surface area contributed by atoms with Gasteiger partial charge in [0.25, 0.3) is 5.91 Å². The number of hydrogen-bond donors (Lipinski definition) is 1. The van der Waals surface area contributed by atoms with Crippen molar-refractivity contribution in [1.29, 1.82) is 0 Å². The summed E-state index contributed by atoms with van der Waals surface area (Å²) in [6.45, 7) is 4.85. The van der Waals surface area contributed by atoms with E-state index in [1.165, 1.54) is 13.0 Å². The summed E-state index contributed by atoms with van der Waals surface area (Å²) in [5.41, 5.74) is -0.166. The number of aromatic nitrogens is 1.